The summed E-state index contributed by atoms with van der Waals surface area (Å²) in [6.45, 7) is 4.89. The van der Waals surface area contributed by atoms with E-state index >= 15 is 0 Å². The molecule has 0 saturated carbocycles. The SMILES string of the molecule is Cc1ccc(CCCN2CCCC(C(=O)O)C2)cc1. The summed E-state index contributed by atoms with van der Waals surface area (Å²) in [7, 11) is 0. The minimum atomic E-state index is -0.636. The van der Waals surface area contributed by atoms with E-state index in [0.29, 0.717) is 0 Å². The molecule has 0 radical (unpaired) electrons. The van der Waals surface area contributed by atoms with Crippen LogP contribution in [-0.2, 0) is 11.2 Å². The third-order valence-electron chi connectivity index (χ3n) is 3.92. The average Bonchev–Trinajstić information content (AvgIpc) is 2.41. The van der Waals surface area contributed by atoms with Crippen molar-refractivity contribution in [1.29, 1.82) is 0 Å². The summed E-state index contributed by atoms with van der Waals surface area (Å²) in [6, 6.07) is 8.67. The Kier molecular flexibility index (Phi) is 4.97. The maximum Gasteiger partial charge on any atom is 0.307 e. The molecule has 1 aromatic carbocycles. The largest absolute Gasteiger partial charge is 0.481 e. The normalized spacial score (nSPS) is 20.4. The molecule has 104 valence electrons. The van der Waals surface area contributed by atoms with Gasteiger partial charge in [0.1, 0.15) is 0 Å². The van der Waals surface area contributed by atoms with E-state index in [-0.39, 0.29) is 5.92 Å². The van der Waals surface area contributed by atoms with Crippen LogP contribution >= 0.6 is 0 Å². The number of aliphatic carboxylic acids is 1. The Balaban J connectivity index is 1.73. The fourth-order valence-corrected chi connectivity index (χ4v) is 2.72. The predicted molar refractivity (Wildman–Crippen MR) is 76.3 cm³/mol. The third kappa shape index (κ3) is 4.35. The van der Waals surface area contributed by atoms with E-state index < -0.39 is 5.97 Å². The van der Waals surface area contributed by atoms with E-state index in [1.54, 1.807) is 0 Å². The van der Waals surface area contributed by atoms with Gasteiger partial charge in [0, 0.05) is 6.54 Å². The van der Waals surface area contributed by atoms with Crippen molar-refractivity contribution in [3.8, 4) is 0 Å². The smallest absolute Gasteiger partial charge is 0.307 e. The molecule has 1 aliphatic heterocycles. The average molecular weight is 261 g/mol. The summed E-state index contributed by atoms with van der Waals surface area (Å²) >= 11 is 0. The lowest BCUT2D eigenvalue weighted by Gasteiger charge is -2.30. The van der Waals surface area contributed by atoms with E-state index in [1.165, 1.54) is 11.1 Å². The van der Waals surface area contributed by atoms with Crippen LogP contribution in [0.25, 0.3) is 0 Å². The van der Waals surface area contributed by atoms with Gasteiger partial charge in [-0.2, -0.15) is 0 Å². The zero-order valence-corrected chi connectivity index (χ0v) is 11.6. The van der Waals surface area contributed by atoms with Crippen molar-refractivity contribution in [2.24, 2.45) is 5.92 Å². The Morgan fingerprint density at radius 1 is 1.37 bits per heavy atom. The number of nitrogens with zero attached hydrogens (tertiary/aromatic N) is 1. The Morgan fingerprint density at radius 3 is 2.79 bits per heavy atom. The van der Waals surface area contributed by atoms with Gasteiger partial charge in [-0.3, -0.25) is 4.79 Å². The minimum absolute atomic E-state index is 0.159. The molecule has 1 N–H and O–H groups in total. The molecule has 19 heavy (non-hydrogen) atoms. The van der Waals surface area contributed by atoms with Crippen LogP contribution in [0.3, 0.4) is 0 Å². The number of hydrogen-bond acceptors (Lipinski definition) is 2. The molecule has 0 spiro atoms. The van der Waals surface area contributed by atoms with Gasteiger partial charge in [0.05, 0.1) is 5.92 Å². The molecule has 1 aliphatic rings. The number of piperidine rings is 1. The fraction of sp³-hybridized carbons (Fsp3) is 0.562. The molecule has 1 heterocycles. The Bertz CT molecular complexity index is 413. The highest BCUT2D eigenvalue weighted by Gasteiger charge is 2.24. The molecule has 1 fully saturated rings. The Labute approximate surface area is 115 Å². The molecule has 0 amide bonds. The zero-order valence-electron chi connectivity index (χ0n) is 11.6. The molecule has 0 bridgehead atoms. The van der Waals surface area contributed by atoms with Gasteiger partial charge in [0.2, 0.25) is 0 Å². The summed E-state index contributed by atoms with van der Waals surface area (Å²) in [6.07, 6.45) is 4.04. The van der Waals surface area contributed by atoms with Crippen molar-refractivity contribution >= 4 is 5.97 Å². The van der Waals surface area contributed by atoms with Gasteiger partial charge in [0.15, 0.2) is 0 Å². The third-order valence-corrected chi connectivity index (χ3v) is 3.92. The molecule has 1 atom stereocenters. The van der Waals surface area contributed by atoms with Gasteiger partial charge in [-0.05, 0) is 51.3 Å². The highest BCUT2D eigenvalue weighted by Crippen LogP contribution is 2.17. The van der Waals surface area contributed by atoms with Gasteiger partial charge in [-0.15, -0.1) is 0 Å². The first-order valence-corrected chi connectivity index (χ1v) is 7.16. The van der Waals surface area contributed by atoms with Gasteiger partial charge in [-0.25, -0.2) is 0 Å². The van der Waals surface area contributed by atoms with Crippen LogP contribution in [0.5, 0.6) is 0 Å². The molecule has 3 nitrogen and oxygen atoms in total. The van der Waals surface area contributed by atoms with E-state index in [4.69, 9.17) is 5.11 Å². The van der Waals surface area contributed by atoms with Crippen LogP contribution in [-0.4, -0.2) is 35.6 Å². The lowest BCUT2D eigenvalue weighted by Crippen LogP contribution is -2.39. The van der Waals surface area contributed by atoms with Crippen LogP contribution in [0.4, 0.5) is 0 Å². The molecule has 1 aromatic rings. The molecule has 3 heteroatoms. The van der Waals surface area contributed by atoms with E-state index in [1.807, 2.05) is 0 Å². The molecular formula is C16H23NO2. The zero-order chi connectivity index (χ0) is 13.7. The quantitative estimate of drug-likeness (QED) is 0.886. The first-order chi connectivity index (χ1) is 9.15. The van der Waals surface area contributed by atoms with Gasteiger partial charge in [-0.1, -0.05) is 29.8 Å². The maximum absolute atomic E-state index is 11.0. The van der Waals surface area contributed by atoms with Crippen LogP contribution in [0, 0.1) is 12.8 Å². The van der Waals surface area contributed by atoms with Crippen molar-refractivity contribution in [2.75, 3.05) is 19.6 Å². The first-order valence-electron chi connectivity index (χ1n) is 7.16. The van der Waals surface area contributed by atoms with Gasteiger partial charge >= 0.3 is 5.97 Å². The molecule has 0 aromatic heterocycles. The number of aryl methyl sites for hydroxylation is 2. The lowest BCUT2D eigenvalue weighted by atomic mass is 9.98. The van der Waals surface area contributed by atoms with Crippen LogP contribution in [0.15, 0.2) is 24.3 Å². The Hall–Kier alpha value is -1.35. The first kappa shape index (κ1) is 14.1. The van der Waals surface area contributed by atoms with Crippen molar-refractivity contribution < 1.29 is 9.90 Å². The number of carbonyl (C=O) groups is 1. The highest BCUT2D eigenvalue weighted by atomic mass is 16.4. The topological polar surface area (TPSA) is 40.5 Å². The number of carboxylic acid groups (broad SMARTS) is 1. The summed E-state index contributed by atoms with van der Waals surface area (Å²) in [5.74, 6) is -0.795. The number of hydrogen-bond donors (Lipinski definition) is 1. The summed E-state index contributed by atoms with van der Waals surface area (Å²) in [4.78, 5) is 13.3. The minimum Gasteiger partial charge on any atom is -0.481 e. The highest BCUT2D eigenvalue weighted by molar-refractivity contribution is 5.70. The fourth-order valence-electron chi connectivity index (χ4n) is 2.72. The maximum atomic E-state index is 11.0. The number of benzene rings is 1. The molecular weight excluding hydrogens is 238 g/mol. The summed E-state index contributed by atoms with van der Waals surface area (Å²) in [5, 5.41) is 9.06. The van der Waals surface area contributed by atoms with Crippen molar-refractivity contribution in [3.63, 3.8) is 0 Å². The van der Waals surface area contributed by atoms with Crippen LogP contribution < -0.4 is 0 Å². The lowest BCUT2D eigenvalue weighted by molar-refractivity contribution is -0.143. The second-order valence-electron chi connectivity index (χ2n) is 5.57. The van der Waals surface area contributed by atoms with E-state index in [2.05, 4.69) is 36.1 Å². The molecule has 2 rings (SSSR count). The standard InChI is InChI=1S/C16H23NO2/c1-13-6-8-14(9-7-13)4-2-10-17-11-3-5-15(12-17)16(18)19/h6-9,15H,2-5,10-12H2,1H3,(H,18,19). The van der Waals surface area contributed by atoms with Crippen molar-refractivity contribution in [1.82, 2.24) is 4.90 Å². The Morgan fingerprint density at radius 2 is 2.11 bits per heavy atom. The summed E-state index contributed by atoms with van der Waals surface area (Å²) < 4.78 is 0. The van der Waals surface area contributed by atoms with E-state index in [0.717, 1.165) is 45.3 Å². The molecule has 1 unspecified atom stereocenters. The van der Waals surface area contributed by atoms with Crippen LogP contribution in [0.2, 0.25) is 0 Å². The second-order valence-corrected chi connectivity index (χ2v) is 5.57. The van der Waals surface area contributed by atoms with Crippen molar-refractivity contribution in [3.05, 3.63) is 35.4 Å². The molecule has 0 aliphatic carbocycles. The molecule has 1 saturated heterocycles. The number of likely N-dealkylation sites (tertiary alicyclic amines) is 1. The van der Waals surface area contributed by atoms with Gasteiger partial charge in [0.25, 0.3) is 0 Å². The van der Waals surface area contributed by atoms with Crippen molar-refractivity contribution in [2.45, 2.75) is 32.6 Å². The number of carboxylic acids is 1. The van der Waals surface area contributed by atoms with Crippen LogP contribution in [0.1, 0.15) is 30.4 Å². The van der Waals surface area contributed by atoms with Gasteiger partial charge < -0.3 is 10.0 Å². The predicted octanol–water partition coefficient (Wildman–Crippen LogP) is 2.72. The number of rotatable bonds is 5. The van der Waals surface area contributed by atoms with E-state index in [9.17, 15) is 4.79 Å². The second kappa shape index (κ2) is 6.71. The monoisotopic (exact) mass is 261 g/mol. The summed E-state index contributed by atoms with van der Waals surface area (Å²) in [5.41, 5.74) is 2.67.